The lowest BCUT2D eigenvalue weighted by Gasteiger charge is -2.23. The molecule has 1 aromatic carbocycles. The second kappa shape index (κ2) is 7.19. The Hall–Kier alpha value is -2.47. The van der Waals surface area contributed by atoms with E-state index < -0.39 is 0 Å². The Bertz CT molecular complexity index is 684. The van der Waals surface area contributed by atoms with E-state index >= 15 is 0 Å². The van der Waals surface area contributed by atoms with Gasteiger partial charge in [0.25, 0.3) is 0 Å². The van der Waals surface area contributed by atoms with Gasteiger partial charge < -0.3 is 15.4 Å². The van der Waals surface area contributed by atoms with E-state index in [-0.39, 0.29) is 5.91 Å². The van der Waals surface area contributed by atoms with Gasteiger partial charge in [0, 0.05) is 43.5 Å². The van der Waals surface area contributed by atoms with Gasteiger partial charge in [-0.1, -0.05) is 6.07 Å². The number of piperidine rings is 1. The Morgan fingerprint density at radius 1 is 1.35 bits per heavy atom. The Morgan fingerprint density at radius 3 is 3.00 bits per heavy atom. The van der Waals surface area contributed by atoms with Gasteiger partial charge in [0.15, 0.2) is 0 Å². The number of hydrogen-bond donors (Lipinski definition) is 2. The van der Waals surface area contributed by atoms with Crippen molar-refractivity contribution in [2.75, 3.05) is 18.4 Å². The third-order valence-electron chi connectivity index (χ3n) is 3.74. The number of nitrogens with zero attached hydrogens (tertiary/aromatic N) is 2. The summed E-state index contributed by atoms with van der Waals surface area (Å²) in [7, 11) is 0. The lowest BCUT2D eigenvalue weighted by atomic mass is 9.96. The molecule has 0 aliphatic carbocycles. The van der Waals surface area contributed by atoms with Gasteiger partial charge in [-0.3, -0.25) is 9.78 Å². The molecule has 120 valence electrons. The minimum atomic E-state index is -0.115. The highest BCUT2D eigenvalue weighted by Crippen LogP contribution is 2.31. The number of carbonyl (C=O) groups excluding carboxylic acids is 1. The first-order valence-corrected chi connectivity index (χ1v) is 7.79. The van der Waals surface area contributed by atoms with Crippen LogP contribution in [0, 0.1) is 0 Å². The molecule has 1 aromatic heterocycles. The quantitative estimate of drug-likeness (QED) is 0.908. The fourth-order valence-electron chi connectivity index (χ4n) is 2.73. The summed E-state index contributed by atoms with van der Waals surface area (Å²) in [6, 6.07) is 7.26. The fourth-order valence-corrected chi connectivity index (χ4v) is 2.73. The van der Waals surface area contributed by atoms with Crippen molar-refractivity contribution in [2.24, 2.45) is 0 Å². The van der Waals surface area contributed by atoms with Gasteiger partial charge >= 0.3 is 0 Å². The largest absolute Gasteiger partial charge is 0.437 e. The van der Waals surface area contributed by atoms with Gasteiger partial charge in [0.05, 0.1) is 0 Å². The van der Waals surface area contributed by atoms with Crippen molar-refractivity contribution >= 4 is 11.6 Å². The summed E-state index contributed by atoms with van der Waals surface area (Å²) in [6.45, 7) is 3.41. The minimum absolute atomic E-state index is 0.115. The molecule has 0 saturated carbocycles. The maximum absolute atomic E-state index is 11.2. The summed E-state index contributed by atoms with van der Waals surface area (Å²) in [5, 5.41) is 6.13. The molecule has 1 atom stereocenters. The van der Waals surface area contributed by atoms with E-state index in [1.165, 1.54) is 6.92 Å². The summed E-state index contributed by atoms with van der Waals surface area (Å²) in [5.74, 6) is 1.35. The average molecular weight is 312 g/mol. The van der Waals surface area contributed by atoms with Crippen molar-refractivity contribution in [3.8, 4) is 11.6 Å². The van der Waals surface area contributed by atoms with E-state index in [0.717, 1.165) is 31.6 Å². The highest BCUT2D eigenvalue weighted by atomic mass is 16.5. The highest BCUT2D eigenvalue weighted by Gasteiger charge is 2.21. The Morgan fingerprint density at radius 2 is 2.22 bits per heavy atom. The number of nitrogens with one attached hydrogen (secondary N) is 2. The smallest absolute Gasteiger partial charge is 0.241 e. The molecule has 1 aliphatic rings. The van der Waals surface area contributed by atoms with Gasteiger partial charge in [0.2, 0.25) is 11.8 Å². The molecule has 2 N–H and O–H groups in total. The van der Waals surface area contributed by atoms with Gasteiger partial charge in [-0.15, -0.1) is 0 Å². The second-order valence-electron chi connectivity index (χ2n) is 5.60. The number of carbonyl (C=O) groups is 1. The summed E-state index contributed by atoms with van der Waals surface area (Å²) in [4.78, 5) is 20.0. The SMILES string of the molecule is CC(=O)Nc1cccc(Oc2nccnc2[C@@H]2CCCNC2)c1. The van der Waals surface area contributed by atoms with Gasteiger partial charge in [-0.25, -0.2) is 4.98 Å². The van der Waals surface area contributed by atoms with Crippen LogP contribution in [0.2, 0.25) is 0 Å². The molecule has 1 amide bonds. The average Bonchev–Trinajstić information content (AvgIpc) is 2.56. The topological polar surface area (TPSA) is 76.1 Å². The predicted molar refractivity (Wildman–Crippen MR) is 87.7 cm³/mol. The van der Waals surface area contributed by atoms with Crippen LogP contribution in [0.1, 0.15) is 31.4 Å². The minimum Gasteiger partial charge on any atom is -0.437 e. The van der Waals surface area contributed by atoms with Gasteiger partial charge in [0.1, 0.15) is 11.4 Å². The number of benzene rings is 1. The van der Waals surface area contributed by atoms with Crippen molar-refractivity contribution in [1.29, 1.82) is 0 Å². The number of anilines is 1. The van der Waals surface area contributed by atoms with E-state index in [1.807, 2.05) is 18.2 Å². The summed E-state index contributed by atoms with van der Waals surface area (Å²) in [6.07, 6.45) is 5.53. The van der Waals surface area contributed by atoms with Crippen molar-refractivity contribution in [2.45, 2.75) is 25.7 Å². The monoisotopic (exact) mass is 312 g/mol. The lowest BCUT2D eigenvalue weighted by Crippen LogP contribution is -2.29. The Balaban J connectivity index is 1.81. The standard InChI is InChI=1S/C17H20N4O2/c1-12(22)21-14-5-2-6-15(10-14)23-17-16(19-8-9-20-17)13-4-3-7-18-11-13/h2,5-6,8-10,13,18H,3-4,7,11H2,1H3,(H,21,22)/t13-/m1/s1. The van der Waals surface area contributed by atoms with Crippen LogP contribution in [0.15, 0.2) is 36.7 Å². The van der Waals surface area contributed by atoms with Crippen LogP contribution in [-0.2, 0) is 4.79 Å². The van der Waals surface area contributed by atoms with Crippen molar-refractivity contribution in [1.82, 2.24) is 15.3 Å². The molecular formula is C17H20N4O2. The summed E-state index contributed by atoms with van der Waals surface area (Å²) in [5.41, 5.74) is 1.57. The van der Waals surface area contributed by atoms with Crippen molar-refractivity contribution < 1.29 is 9.53 Å². The number of amides is 1. The van der Waals surface area contributed by atoms with E-state index in [4.69, 9.17) is 4.74 Å². The molecule has 1 saturated heterocycles. The second-order valence-corrected chi connectivity index (χ2v) is 5.60. The van der Waals surface area contributed by atoms with Crippen molar-refractivity contribution in [3.05, 3.63) is 42.4 Å². The van der Waals surface area contributed by atoms with Gasteiger partial charge in [-0.05, 0) is 31.5 Å². The van der Waals surface area contributed by atoms with Crippen LogP contribution >= 0.6 is 0 Å². The molecular weight excluding hydrogens is 292 g/mol. The number of ether oxygens (including phenoxy) is 1. The number of aromatic nitrogens is 2. The zero-order chi connectivity index (χ0) is 16.1. The molecule has 0 radical (unpaired) electrons. The zero-order valence-electron chi connectivity index (χ0n) is 13.1. The number of hydrogen-bond acceptors (Lipinski definition) is 5. The number of rotatable bonds is 4. The molecule has 0 bridgehead atoms. The van der Waals surface area contributed by atoms with Crippen LogP contribution in [0.25, 0.3) is 0 Å². The van der Waals surface area contributed by atoms with Crippen LogP contribution in [0.4, 0.5) is 5.69 Å². The fraction of sp³-hybridized carbons (Fsp3) is 0.353. The molecule has 3 rings (SSSR count). The first kappa shape index (κ1) is 15.4. The van der Waals surface area contributed by atoms with E-state index in [2.05, 4.69) is 20.6 Å². The van der Waals surface area contributed by atoms with Gasteiger partial charge in [-0.2, -0.15) is 0 Å². The molecule has 0 unspecified atom stereocenters. The predicted octanol–water partition coefficient (Wildman–Crippen LogP) is 2.69. The van der Waals surface area contributed by atoms with Crippen molar-refractivity contribution in [3.63, 3.8) is 0 Å². The maximum Gasteiger partial charge on any atom is 0.241 e. The molecule has 6 nitrogen and oxygen atoms in total. The maximum atomic E-state index is 11.2. The highest BCUT2D eigenvalue weighted by molar-refractivity contribution is 5.88. The molecule has 0 spiro atoms. The lowest BCUT2D eigenvalue weighted by molar-refractivity contribution is -0.114. The van der Waals surface area contributed by atoms with E-state index in [1.54, 1.807) is 18.5 Å². The van der Waals surface area contributed by atoms with Crippen LogP contribution in [0.3, 0.4) is 0 Å². The first-order valence-electron chi connectivity index (χ1n) is 7.79. The van der Waals surface area contributed by atoms with E-state index in [9.17, 15) is 4.79 Å². The van der Waals surface area contributed by atoms with Crippen LogP contribution < -0.4 is 15.4 Å². The third kappa shape index (κ3) is 4.04. The normalized spacial score (nSPS) is 17.5. The van der Waals surface area contributed by atoms with Crippen LogP contribution in [0.5, 0.6) is 11.6 Å². The third-order valence-corrected chi connectivity index (χ3v) is 3.74. The molecule has 23 heavy (non-hydrogen) atoms. The first-order chi connectivity index (χ1) is 11.2. The molecule has 1 aliphatic heterocycles. The molecule has 2 aromatic rings. The van der Waals surface area contributed by atoms with Crippen LogP contribution in [-0.4, -0.2) is 29.0 Å². The molecule has 2 heterocycles. The summed E-state index contributed by atoms with van der Waals surface area (Å²) < 4.78 is 5.93. The Kier molecular flexibility index (Phi) is 4.83. The molecule has 6 heteroatoms. The van der Waals surface area contributed by atoms with E-state index in [0.29, 0.717) is 23.2 Å². The molecule has 1 fully saturated rings. The zero-order valence-corrected chi connectivity index (χ0v) is 13.1. The Labute approximate surface area is 135 Å². The summed E-state index contributed by atoms with van der Waals surface area (Å²) >= 11 is 0.